The first-order valence-electron chi connectivity index (χ1n) is 6.14. The van der Waals surface area contributed by atoms with Crippen LogP contribution in [0.25, 0.3) is 10.1 Å². The smallest absolute Gasteiger partial charge is 0.264 e. The molecule has 0 fully saturated rings. The van der Waals surface area contributed by atoms with E-state index < -0.39 is 0 Å². The van der Waals surface area contributed by atoms with Gasteiger partial charge in [-0.2, -0.15) is 0 Å². The molecule has 0 aliphatic carbocycles. The van der Waals surface area contributed by atoms with Crippen molar-refractivity contribution in [2.24, 2.45) is 0 Å². The number of rotatable bonds is 6. The molecule has 0 atom stereocenters. The van der Waals surface area contributed by atoms with E-state index in [1.54, 1.807) is 12.0 Å². The normalized spacial score (nSPS) is 10.8. The van der Waals surface area contributed by atoms with Gasteiger partial charge in [0, 0.05) is 24.9 Å². The molecule has 4 nitrogen and oxygen atoms in total. The van der Waals surface area contributed by atoms with Crippen LogP contribution < -0.4 is 0 Å². The van der Waals surface area contributed by atoms with Crippen molar-refractivity contribution in [1.29, 1.82) is 0 Å². The molecule has 102 valence electrons. The van der Waals surface area contributed by atoms with Crippen LogP contribution in [0.4, 0.5) is 0 Å². The lowest BCUT2D eigenvalue weighted by atomic mass is 10.2. The second-order valence-corrected chi connectivity index (χ2v) is 5.24. The highest BCUT2D eigenvalue weighted by Crippen LogP contribution is 2.26. The SMILES string of the molecule is COCCN(CCO)C(=O)c1cc2ccccc2s1. The van der Waals surface area contributed by atoms with Gasteiger partial charge in [-0.3, -0.25) is 4.79 Å². The van der Waals surface area contributed by atoms with Gasteiger partial charge in [-0.15, -0.1) is 11.3 Å². The number of hydrogen-bond donors (Lipinski definition) is 1. The topological polar surface area (TPSA) is 49.8 Å². The number of aliphatic hydroxyl groups is 1. The summed E-state index contributed by atoms with van der Waals surface area (Å²) in [6.07, 6.45) is 0. The molecule has 1 aromatic carbocycles. The molecule has 19 heavy (non-hydrogen) atoms. The number of fused-ring (bicyclic) bond motifs is 1. The Morgan fingerprint density at radius 2 is 2.16 bits per heavy atom. The fourth-order valence-electron chi connectivity index (χ4n) is 1.88. The first-order valence-corrected chi connectivity index (χ1v) is 6.95. The Morgan fingerprint density at radius 1 is 1.37 bits per heavy atom. The molecule has 1 amide bonds. The lowest BCUT2D eigenvalue weighted by Gasteiger charge is -2.20. The van der Waals surface area contributed by atoms with Crippen LogP contribution in [0.15, 0.2) is 30.3 Å². The van der Waals surface area contributed by atoms with Gasteiger partial charge in [0.15, 0.2) is 0 Å². The second-order valence-electron chi connectivity index (χ2n) is 4.16. The van der Waals surface area contributed by atoms with Gasteiger partial charge in [0.1, 0.15) is 0 Å². The van der Waals surface area contributed by atoms with Crippen molar-refractivity contribution < 1.29 is 14.6 Å². The second kappa shape index (κ2) is 6.65. The van der Waals surface area contributed by atoms with Crippen molar-refractivity contribution in [1.82, 2.24) is 4.90 Å². The zero-order valence-electron chi connectivity index (χ0n) is 10.8. The predicted octanol–water partition coefficient (Wildman–Crippen LogP) is 1.98. The molecule has 0 saturated carbocycles. The zero-order chi connectivity index (χ0) is 13.7. The van der Waals surface area contributed by atoms with Crippen LogP contribution in [0.2, 0.25) is 0 Å². The van der Waals surface area contributed by atoms with Crippen LogP contribution in [0.5, 0.6) is 0 Å². The lowest BCUT2D eigenvalue weighted by molar-refractivity contribution is 0.0661. The van der Waals surface area contributed by atoms with Crippen molar-refractivity contribution in [2.45, 2.75) is 0 Å². The minimum Gasteiger partial charge on any atom is -0.395 e. The summed E-state index contributed by atoms with van der Waals surface area (Å²) in [5.41, 5.74) is 0. The summed E-state index contributed by atoms with van der Waals surface area (Å²) in [4.78, 5) is 14.7. The Kier molecular flexibility index (Phi) is 4.90. The summed E-state index contributed by atoms with van der Waals surface area (Å²) in [6, 6.07) is 9.82. The van der Waals surface area contributed by atoms with Gasteiger partial charge in [-0.05, 0) is 17.5 Å². The maximum Gasteiger partial charge on any atom is 0.264 e. The Hall–Kier alpha value is -1.43. The highest BCUT2D eigenvalue weighted by Gasteiger charge is 2.17. The van der Waals surface area contributed by atoms with E-state index in [2.05, 4.69) is 0 Å². The van der Waals surface area contributed by atoms with Gasteiger partial charge in [0.2, 0.25) is 0 Å². The Labute approximate surface area is 116 Å². The molecule has 1 aromatic heterocycles. The average molecular weight is 279 g/mol. The molecule has 0 spiro atoms. The lowest BCUT2D eigenvalue weighted by Crippen LogP contribution is -2.35. The molecule has 2 aromatic rings. The fourth-order valence-corrected chi connectivity index (χ4v) is 2.91. The molecule has 0 unspecified atom stereocenters. The number of ether oxygens (including phenoxy) is 1. The van der Waals surface area contributed by atoms with E-state index in [4.69, 9.17) is 9.84 Å². The van der Waals surface area contributed by atoms with E-state index in [-0.39, 0.29) is 12.5 Å². The summed E-state index contributed by atoms with van der Waals surface area (Å²) in [5, 5.41) is 10.1. The molecule has 1 N–H and O–H groups in total. The van der Waals surface area contributed by atoms with Gasteiger partial charge in [-0.1, -0.05) is 18.2 Å². The van der Waals surface area contributed by atoms with Crippen molar-refractivity contribution in [2.75, 3.05) is 33.4 Å². The standard InChI is InChI=1S/C14H17NO3S/c1-18-9-7-15(6-8-16)14(17)13-10-11-4-2-3-5-12(11)19-13/h2-5,10,16H,6-9H2,1H3. The van der Waals surface area contributed by atoms with Gasteiger partial charge in [-0.25, -0.2) is 0 Å². The molecule has 1 heterocycles. The molecule has 5 heteroatoms. The number of methoxy groups -OCH3 is 1. The van der Waals surface area contributed by atoms with Crippen molar-refractivity contribution in [3.8, 4) is 0 Å². The maximum atomic E-state index is 12.4. The molecular formula is C14H17NO3S. The maximum absolute atomic E-state index is 12.4. The van der Waals surface area contributed by atoms with Crippen LogP contribution in [-0.4, -0.2) is 49.3 Å². The minimum atomic E-state index is -0.0488. The number of aliphatic hydroxyl groups excluding tert-OH is 1. The molecule has 0 bridgehead atoms. The number of carbonyl (C=O) groups is 1. The van der Waals surface area contributed by atoms with E-state index in [1.165, 1.54) is 11.3 Å². The van der Waals surface area contributed by atoms with Gasteiger partial charge in [0.25, 0.3) is 5.91 Å². The number of amides is 1. The van der Waals surface area contributed by atoms with Crippen LogP contribution in [0, 0.1) is 0 Å². The molecule has 0 radical (unpaired) electrons. The largest absolute Gasteiger partial charge is 0.395 e. The fraction of sp³-hybridized carbons (Fsp3) is 0.357. The number of hydrogen-bond acceptors (Lipinski definition) is 4. The molecular weight excluding hydrogens is 262 g/mol. The summed E-state index contributed by atoms with van der Waals surface area (Å²) < 4.78 is 6.09. The van der Waals surface area contributed by atoms with Crippen LogP contribution in [0.1, 0.15) is 9.67 Å². The number of nitrogens with zero attached hydrogens (tertiary/aromatic N) is 1. The van der Waals surface area contributed by atoms with E-state index in [0.717, 1.165) is 10.1 Å². The van der Waals surface area contributed by atoms with E-state index >= 15 is 0 Å². The number of benzene rings is 1. The molecule has 0 aliphatic rings. The Morgan fingerprint density at radius 3 is 2.84 bits per heavy atom. The zero-order valence-corrected chi connectivity index (χ0v) is 11.7. The summed E-state index contributed by atoms with van der Waals surface area (Å²) >= 11 is 1.48. The average Bonchev–Trinajstić information content (AvgIpc) is 2.86. The molecule has 2 rings (SSSR count). The van der Waals surface area contributed by atoms with Crippen molar-refractivity contribution in [3.63, 3.8) is 0 Å². The first kappa shape index (κ1) is 14.0. The van der Waals surface area contributed by atoms with Crippen LogP contribution >= 0.6 is 11.3 Å². The van der Waals surface area contributed by atoms with Gasteiger partial charge < -0.3 is 14.7 Å². The Balaban J connectivity index is 2.19. The first-order chi connectivity index (χ1) is 9.26. The van der Waals surface area contributed by atoms with Gasteiger partial charge in [0.05, 0.1) is 18.1 Å². The van der Waals surface area contributed by atoms with Crippen molar-refractivity contribution >= 4 is 27.3 Å². The predicted molar refractivity (Wildman–Crippen MR) is 76.7 cm³/mol. The highest BCUT2D eigenvalue weighted by atomic mass is 32.1. The summed E-state index contributed by atoms with van der Waals surface area (Å²) in [7, 11) is 1.60. The third-order valence-electron chi connectivity index (χ3n) is 2.86. The van der Waals surface area contributed by atoms with Crippen LogP contribution in [0.3, 0.4) is 0 Å². The number of carbonyl (C=O) groups excluding carboxylic acids is 1. The third kappa shape index (κ3) is 3.32. The van der Waals surface area contributed by atoms with Crippen LogP contribution in [-0.2, 0) is 4.74 Å². The summed E-state index contributed by atoms with van der Waals surface area (Å²) in [6.45, 7) is 1.25. The highest BCUT2D eigenvalue weighted by molar-refractivity contribution is 7.20. The third-order valence-corrected chi connectivity index (χ3v) is 3.96. The molecule has 0 saturated heterocycles. The number of thiophene rings is 1. The van der Waals surface area contributed by atoms with Gasteiger partial charge >= 0.3 is 0 Å². The van der Waals surface area contributed by atoms with E-state index in [9.17, 15) is 4.79 Å². The Bertz CT molecular complexity index is 519. The van der Waals surface area contributed by atoms with E-state index in [0.29, 0.717) is 24.6 Å². The monoisotopic (exact) mass is 279 g/mol. The summed E-state index contributed by atoms with van der Waals surface area (Å²) in [5.74, 6) is -0.0488. The molecule has 0 aliphatic heterocycles. The van der Waals surface area contributed by atoms with Crippen molar-refractivity contribution in [3.05, 3.63) is 35.2 Å². The quantitative estimate of drug-likeness (QED) is 0.879. The minimum absolute atomic E-state index is 0.0413. The van der Waals surface area contributed by atoms with E-state index in [1.807, 2.05) is 30.3 Å².